The average molecular weight is 480 g/mol. The Labute approximate surface area is 205 Å². The van der Waals surface area contributed by atoms with Gasteiger partial charge in [0.2, 0.25) is 5.91 Å². The maximum absolute atomic E-state index is 13.2. The zero-order valence-electron chi connectivity index (χ0n) is 20.5. The summed E-state index contributed by atoms with van der Waals surface area (Å²) < 4.78 is 5.54. The van der Waals surface area contributed by atoms with Crippen molar-refractivity contribution in [3.63, 3.8) is 0 Å². The van der Waals surface area contributed by atoms with Crippen molar-refractivity contribution in [1.29, 1.82) is 0 Å². The van der Waals surface area contributed by atoms with Crippen LogP contribution in [-0.2, 0) is 14.3 Å². The molecule has 186 valence electrons. The lowest BCUT2D eigenvalue weighted by Crippen LogP contribution is -2.62. The number of aliphatic carboxylic acids is 1. The van der Waals surface area contributed by atoms with Gasteiger partial charge in [0.05, 0.1) is 6.42 Å². The number of rotatable bonds is 7. The first-order valence-electron chi connectivity index (χ1n) is 12.1. The Morgan fingerprint density at radius 1 is 1.06 bits per heavy atom. The molecule has 0 aromatic heterocycles. The maximum Gasteiger partial charge on any atom is 0.407 e. The standard InChI is InChI=1S/C27H33N3O5/c1-4-30-14-13-29(17-27(30,2)3)25(33)23(15-24(31)32)28-26(34)35-16-22-20-11-7-5-9-18(20)19-10-6-8-12-21(19)22/h5-12,22-23H,4,13-17H2,1-3H3,(H,28,34)(H,31,32). The molecule has 0 saturated carbocycles. The summed E-state index contributed by atoms with van der Waals surface area (Å²) in [5.74, 6) is -1.68. The number of carbonyl (C=O) groups is 3. The van der Waals surface area contributed by atoms with Crippen LogP contribution in [0.25, 0.3) is 11.1 Å². The molecule has 35 heavy (non-hydrogen) atoms. The number of piperazine rings is 1. The minimum absolute atomic E-state index is 0.0933. The summed E-state index contributed by atoms with van der Waals surface area (Å²) in [7, 11) is 0. The van der Waals surface area contributed by atoms with Crippen molar-refractivity contribution in [2.75, 3.05) is 32.8 Å². The molecule has 1 atom stereocenters. The highest BCUT2D eigenvalue weighted by atomic mass is 16.5. The highest BCUT2D eigenvalue weighted by molar-refractivity contribution is 5.89. The number of benzene rings is 2. The van der Waals surface area contributed by atoms with Crippen LogP contribution in [-0.4, -0.2) is 77.2 Å². The zero-order valence-corrected chi connectivity index (χ0v) is 20.5. The largest absolute Gasteiger partial charge is 0.481 e. The van der Waals surface area contributed by atoms with Gasteiger partial charge in [0.15, 0.2) is 0 Å². The lowest BCUT2D eigenvalue weighted by atomic mass is 9.98. The van der Waals surface area contributed by atoms with E-state index in [0.29, 0.717) is 19.6 Å². The highest BCUT2D eigenvalue weighted by Crippen LogP contribution is 2.44. The van der Waals surface area contributed by atoms with Crippen molar-refractivity contribution in [2.24, 2.45) is 0 Å². The normalized spacial score (nSPS) is 17.9. The molecule has 0 radical (unpaired) electrons. The van der Waals surface area contributed by atoms with Crippen LogP contribution in [0.1, 0.15) is 44.2 Å². The number of fused-ring (bicyclic) bond motifs is 3. The lowest BCUT2D eigenvalue weighted by Gasteiger charge is -2.47. The van der Waals surface area contributed by atoms with Gasteiger partial charge in [-0.2, -0.15) is 0 Å². The van der Waals surface area contributed by atoms with Crippen LogP contribution in [0.5, 0.6) is 0 Å². The predicted molar refractivity (Wildman–Crippen MR) is 132 cm³/mol. The van der Waals surface area contributed by atoms with Crippen LogP contribution in [0.15, 0.2) is 48.5 Å². The monoisotopic (exact) mass is 479 g/mol. The molecule has 0 bridgehead atoms. The van der Waals surface area contributed by atoms with Gasteiger partial charge in [-0.15, -0.1) is 0 Å². The Morgan fingerprint density at radius 2 is 1.66 bits per heavy atom. The molecule has 2 amide bonds. The van der Waals surface area contributed by atoms with Crippen LogP contribution in [0, 0.1) is 0 Å². The molecule has 1 aliphatic carbocycles. The van der Waals surface area contributed by atoms with Gasteiger partial charge < -0.3 is 20.1 Å². The first-order chi connectivity index (χ1) is 16.7. The van der Waals surface area contributed by atoms with Gasteiger partial charge in [-0.05, 0) is 42.6 Å². The molecule has 1 unspecified atom stereocenters. The summed E-state index contributed by atoms with van der Waals surface area (Å²) in [4.78, 5) is 41.3. The molecular formula is C27H33N3O5. The molecule has 1 heterocycles. The van der Waals surface area contributed by atoms with Crippen LogP contribution < -0.4 is 5.32 Å². The van der Waals surface area contributed by atoms with E-state index in [1.165, 1.54) is 0 Å². The first-order valence-corrected chi connectivity index (χ1v) is 12.1. The average Bonchev–Trinajstić information content (AvgIpc) is 3.14. The number of carboxylic acid groups (broad SMARTS) is 1. The summed E-state index contributed by atoms with van der Waals surface area (Å²) in [6.07, 6.45) is -1.30. The van der Waals surface area contributed by atoms with Crippen molar-refractivity contribution in [2.45, 2.75) is 44.7 Å². The number of carbonyl (C=O) groups excluding carboxylic acids is 2. The summed E-state index contributed by atoms with van der Waals surface area (Å²) in [5.41, 5.74) is 4.15. The van der Waals surface area contributed by atoms with E-state index in [2.05, 4.69) is 43.1 Å². The molecule has 1 saturated heterocycles. The summed E-state index contributed by atoms with van der Waals surface area (Å²) >= 11 is 0. The molecule has 8 nitrogen and oxygen atoms in total. The highest BCUT2D eigenvalue weighted by Gasteiger charge is 2.38. The maximum atomic E-state index is 13.2. The molecule has 0 spiro atoms. The third-order valence-corrected chi connectivity index (χ3v) is 7.08. The fourth-order valence-corrected chi connectivity index (χ4v) is 5.34. The number of nitrogens with one attached hydrogen (secondary N) is 1. The number of carboxylic acids is 1. The van der Waals surface area contributed by atoms with Gasteiger partial charge in [-0.25, -0.2) is 4.79 Å². The molecule has 2 N–H and O–H groups in total. The Morgan fingerprint density at radius 3 is 2.20 bits per heavy atom. The number of amides is 2. The van der Waals surface area contributed by atoms with Crippen molar-refractivity contribution < 1.29 is 24.2 Å². The second-order valence-electron chi connectivity index (χ2n) is 9.77. The topological polar surface area (TPSA) is 99.2 Å². The number of hydrogen-bond acceptors (Lipinski definition) is 5. The van der Waals surface area contributed by atoms with Crippen LogP contribution >= 0.6 is 0 Å². The van der Waals surface area contributed by atoms with Gasteiger partial charge in [0.1, 0.15) is 12.6 Å². The Kier molecular flexibility index (Phi) is 7.12. The van der Waals surface area contributed by atoms with Crippen LogP contribution in [0.4, 0.5) is 4.79 Å². The predicted octanol–water partition coefficient (Wildman–Crippen LogP) is 3.31. The fraction of sp³-hybridized carbons (Fsp3) is 0.444. The number of hydrogen-bond donors (Lipinski definition) is 2. The van der Waals surface area contributed by atoms with Crippen LogP contribution in [0.3, 0.4) is 0 Å². The molecular weight excluding hydrogens is 446 g/mol. The smallest absolute Gasteiger partial charge is 0.407 e. The second kappa shape index (κ2) is 10.1. The molecule has 4 rings (SSSR count). The van der Waals surface area contributed by atoms with Gasteiger partial charge in [-0.1, -0.05) is 55.5 Å². The van der Waals surface area contributed by atoms with E-state index in [0.717, 1.165) is 28.8 Å². The van der Waals surface area contributed by atoms with E-state index in [4.69, 9.17) is 4.74 Å². The molecule has 2 aromatic rings. The Bertz CT molecular complexity index is 1070. The number of alkyl carbamates (subject to hydrolysis) is 1. The third-order valence-electron chi connectivity index (χ3n) is 7.08. The van der Waals surface area contributed by atoms with Crippen molar-refractivity contribution in [3.8, 4) is 11.1 Å². The van der Waals surface area contributed by atoms with Gasteiger partial charge in [0.25, 0.3) is 0 Å². The van der Waals surface area contributed by atoms with Crippen LogP contribution in [0.2, 0.25) is 0 Å². The summed E-state index contributed by atoms with van der Waals surface area (Å²) in [6.45, 7) is 8.79. The minimum Gasteiger partial charge on any atom is -0.481 e. The summed E-state index contributed by atoms with van der Waals surface area (Å²) in [6, 6.07) is 14.8. The van der Waals surface area contributed by atoms with E-state index < -0.39 is 30.4 Å². The van der Waals surface area contributed by atoms with E-state index in [-0.39, 0.29) is 18.1 Å². The van der Waals surface area contributed by atoms with Crippen molar-refractivity contribution in [1.82, 2.24) is 15.1 Å². The minimum atomic E-state index is -1.19. The number of likely N-dealkylation sites (N-methyl/N-ethyl adjacent to an activating group) is 1. The van der Waals surface area contributed by atoms with E-state index in [9.17, 15) is 19.5 Å². The van der Waals surface area contributed by atoms with E-state index in [1.807, 2.05) is 36.4 Å². The van der Waals surface area contributed by atoms with E-state index >= 15 is 0 Å². The van der Waals surface area contributed by atoms with Gasteiger partial charge in [-0.3, -0.25) is 14.5 Å². The zero-order chi connectivity index (χ0) is 25.2. The SMILES string of the molecule is CCN1CCN(C(=O)C(CC(=O)O)NC(=O)OCC2c3ccccc3-c3ccccc32)CC1(C)C. The molecule has 1 fully saturated rings. The molecule has 2 aliphatic rings. The molecule has 1 aliphatic heterocycles. The quantitative estimate of drug-likeness (QED) is 0.632. The molecule has 8 heteroatoms. The Hall–Kier alpha value is -3.39. The van der Waals surface area contributed by atoms with E-state index in [1.54, 1.807) is 4.90 Å². The second-order valence-corrected chi connectivity index (χ2v) is 9.77. The summed E-state index contributed by atoms with van der Waals surface area (Å²) in [5, 5.41) is 11.9. The third kappa shape index (κ3) is 5.17. The molecule has 2 aromatic carbocycles. The lowest BCUT2D eigenvalue weighted by molar-refractivity contribution is -0.144. The van der Waals surface area contributed by atoms with Crippen molar-refractivity contribution in [3.05, 3.63) is 59.7 Å². The fourth-order valence-electron chi connectivity index (χ4n) is 5.34. The van der Waals surface area contributed by atoms with Gasteiger partial charge in [0, 0.05) is 31.1 Å². The number of nitrogens with zero attached hydrogens (tertiary/aromatic N) is 2. The van der Waals surface area contributed by atoms with Gasteiger partial charge >= 0.3 is 12.1 Å². The number of ether oxygens (including phenoxy) is 1. The Balaban J connectivity index is 1.43. The van der Waals surface area contributed by atoms with Crippen molar-refractivity contribution >= 4 is 18.0 Å². The first kappa shape index (κ1) is 24.7.